The molecule has 18 heavy (non-hydrogen) atoms. The molecule has 0 aromatic rings. The molecule has 0 aromatic carbocycles. The summed E-state index contributed by atoms with van der Waals surface area (Å²) in [6.07, 6.45) is 12.7. The van der Waals surface area contributed by atoms with E-state index in [4.69, 9.17) is 0 Å². The third-order valence-electron chi connectivity index (χ3n) is 4.60. The Labute approximate surface area is 115 Å². The van der Waals surface area contributed by atoms with E-state index in [-0.39, 0.29) is 0 Å². The smallest absolute Gasteiger partial charge is 0.0504 e. The fraction of sp³-hybridized carbons (Fsp3) is 1.00. The topological polar surface area (TPSA) is 29.1 Å². The summed E-state index contributed by atoms with van der Waals surface area (Å²) < 4.78 is 12.9. The molecule has 3 heteroatoms. The highest BCUT2D eigenvalue weighted by Crippen LogP contribution is 2.29. The van der Waals surface area contributed by atoms with Crippen LogP contribution in [0.2, 0.25) is 0 Å². The Morgan fingerprint density at radius 1 is 0.944 bits per heavy atom. The normalized spacial score (nSPS) is 32.9. The van der Waals surface area contributed by atoms with Crippen molar-refractivity contribution in [2.45, 2.75) is 87.7 Å². The number of hydrogen-bond acceptors (Lipinski definition) is 2. The first kappa shape index (κ1) is 14.5. The Morgan fingerprint density at radius 3 is 2.22 bits per heavy atom. The summed E-state index contributed by atoms with van der Waals surface area (Å²) in [6, 6.07) is 0.514. The van der Waals surface area contributed by atoms with Crippen LogP contribution >= 0.6 is 0 Å². The van der Waals surface area contributed by atoms with Crippen LogP contribution in [-0.2, 0) is 10.8 Å². The van der Waals surface area contributed by atoms with E-state index in [9.17, 15) is 4.21 Å². The van der Waals surface area contributed by atoms with Gasteiger partial charge in [-0.2, -0.15) is 0 Å². The lowest BCUT2D eigenvalue weighted by Crippen LogP contribution is -2.44. The zero-order valence-electron chi connectivity index (χ0n) is 11.8. The second-order valence-electron chi connectivity index (χ2n) is 5.93. The summed E-state index contributed by atoms with van der Waals surface area (Å²) >= 11 is 0. The minimum atomic E-state index is -0.598. The molecule has 0 heterocycles. The van der Waals surface area contributed by atoms with Crippen LogP contribution in [0.15, 0.2) is 0 Å². The average Bonchev–Trinajstić information content (AvgIpc) is 2.65. The summed E-state index contributed by atoms with van der Waals surface area (Å²) in [6.45, 7) is 3.19. The lowest BCUT2D eigenvalue weighted by molar-refractivity contribution is 0.460. The molecular formula is C15H29NOS. The van der Waals surface area contributed by atoms with Crippen molar-refractivity contribution < 1.29 is 4.21 Å². The van der Waals surface area contributed by atoms with Crippen molar-refractivity contribution in [3.05, 3.63) is 0 Å². The molecule has 0 spiro atoms. The van der Waals surface area contributed by atoms with Crippen LogP contribution in [0.1, 0.15) is 71.1 Å². The van der Waals surface area contributed by atoms with E-state index in [1.165, 1.54) is 64.2 Å². The van der Waals surface area contributed by atoms with E-state index in [1.54, 1.807) is 0 Å². The van der Waals surface area contributed by atoms with Gasteiger partial charge < -0.3 is 5.32 Å². The average molecular weight is 271 g/mol. The maximum absolute atomic E-state index is 12.9. The third-order valence-corrected chi connectivity index (χ3v) is 6.89. The van der Waals surface area contributed by atoms with Gasteiger partial charge in [-0.05, 0) is 32.2 Å². The molecule has 0 aliphatic heterocycles. The Bertz CT molecular complexity index is 263. The maximum Gasteiger partial charge on any atom is 0.0504 e. The largest absolute Gasteiger partial charge is 0.313 e. The molecule has 3 atom stereocenters. The van der Waals surface area contributed by atoms with Gasteiger partial charge in [-0.1, -0.05) is 45.4 Å². The van der Waals surface area contributed by atoms with Crippen molar-refractivity contribution in [1.82, 2.24) is 5.32 Å². The fourth-order valence-corrected chi connectivity index (χ4v) is 5.84. The van der Waals surface area contributed by atoms with Gasteiger partial charge in [0.2, 0.25) is 0 Å². The third kappa shape index (κ3) is 3.80. The molecule has 1 N–H and O–H groups in total. The van der Waals surface area contributed by atoms with Crippen LogP contribution in [-0.4, -0.2) is 27.3 Å². The molecule has 0 amide bonds. The minimum Gasteiger partial charge on any atom is -0.313 e. The van der Waals surface area contributed by atoms with E-state index in [2.05, 4.69) is 12.2 Å². The van der Waals surface area contributed by atoms with Crippen molar-refractivity contribution in [2.24, 2.45) is 0 Å². The maximum atomic E-state index is 12.9. The van der Waals surface area contributed by atoms with Crippen molar-refractivity contribution in [1.29, 1.82) is 0 Å². The summed E-state index contributed by atoms with van der Waals surface area (Å²) in [7, 11) is -0.598. The zero-order chi connectivity index (χ0) is 12.8. The molecule has 2 saturated carbocycles. The molecule has 2 fully saturated rings. The molecular weight excluding hydrogens is 242 g/mol. The number of hydrogen-bond donors (Lipinski definition) is 1. The molecule has 2 aliphatic carbocycles. The standard InChI is InChI=1S/C15H29NOS/c1-2-16-14-11-7-4-8-12-15(14)18(17)13-9-5-3-6-10-13/h13-16H,2-12H2,1H3. The van der Waals surface area contributed by atoms with Gasteiger partial charge in [0.15, 0.2) is 0 Å². The van der Waals surface area contributed by atoms with Gasteiger partial charge in [-0.15, -0.1) is 0 Å². The molecule has 2 nitrogen and oxygen atoms in total. The highest BCUT2D eigenvalue weighted by atomic mass is 32.2. The van der Waals surface area contributed by atoms with E-state index in [0.29, 0.717) is 16.5 Å². The first-order valence-electron chi connectivity index (χ1n) is 7.95. The lowest BCUT2D eigenvalue weighted by atomic mass is 10.0. The van der Waals surface area contributed by atoms with Gasteiger partial charge in [0.1, 0.15) is 0 Å². The highest BCUT2D eigenvalue weighted by Gasteiger charge is 2.32. The van der Waals surface area contributed by atoms with Gasteiger partial charge in [-0.25, -0.2) is 0 Å². The van der Waals surface area contributed by atoms with Crippen LogP contribution in [0.25, 0.3) is 0 Å². The summed E-state index contributed by atoms with van der Waals surface area (Å²) in [5, 5.41) is 4.53. The molecule has 0 bridgehead atoms. The second kappa shape index (κ2) is 7.64. The summed E-state index contributed by atoms with van der Waals surface area (Å²) in [5.41, 5.74) is 0. The highest BCUT2D eigenvalue weighted by molar-refractivity contribution is 7.86. The Kier molecular flexibility index (Phi) is 6.16. The van der Waals surface area contributed by atoms with Gasteiger partial charge >= 0.3 is 0 Å². The minimum absolute atomic E-state index is 0.426. The Hall–Kier alpha value is 0.110. The second-order valence-corrected chi connectivity index (χ2v) is 7.86. The van der Waals surface area contributed by atoms with E-state index < -0.39 is 10.8 Å². The van der Waals surface area contributed by atoms with Crippen LogP contribution in [0, 0.1) is 0 Å². The molecule has 2 aliphatic rings. The van der Waals surface area contributed by atoms with Gasteiger partial charge in [0.25, 0.3) is 0 Å². The van der Waals surface area contributed by atoms with Crippen molar-refractivity contribution in [2.75, 3.05) is 6.54 Å². The predicted molar refractivity (Wildman–Crippen MR) is 79.4 cm³/mol. The first-order valence-corrected chi connectivity index (χ1v) is 9.23. The molecule has 0 radical (unpaired) electrons. The van der Waals surface area contributed by atoms with Gasteiger partial charge in [0.05, 0.1) is 5.25 Å². The van der Waals surface area contributed by atoms with Gasteiger partial charge in [0, 0.05) is 22.1 Å². The zero-order valence-corrected chi connectivity index (χ0v) is 12.6. The van der Waals surface area contributed by atoms with Crippen LogP contribution in [0.4, 0.5) is 0 Å². The molecule has 0 saturated heterocycles. The van der Waals surface area contributed by atoms with Crippen LogP contribution in [0.5, 0.6) is 0 Å². The summed E-state index contributed by atoms with van der Waals surface area (Å²) in [5.74, 6) is 0. The number of nitrogens with one attached hydrogen (secondary N) is 1. The fourth-order valence-electron chi connectivity index (χ4n) is 3.59. The molecule has 3 unspecified atom stereocenters. The Balaban J connectivity index is 1.98. The Morgan fingerprint density at radius 2 is 1.56 bits per heavy atom. The van der Waals surface area contributed by atoms with Crippen LogP contribution in [0.3, 0.4) is 0 Å². The lowest BCUT2D eigenvalue weighted by Gasteiger charge is -2.30. The van der Waals surface area contributed by atoms with E-state index in [1.807, 2.05) is 0 Å². The quantitative estimate of drug-likeness (QED) is 0.794. The molecule has 0 aromatic heterocycles. The SMILES string of the molecule is CCNC1CCCCCC1S(=O)C1CCCCC1. The predicted octanol–water partition coefficient (Wildman–Crippen LogP) is 3.38. The van der Waals surface area contributed by atoms with E-state index in [0.717, 1.165) is 6.54 Å². The van der Waals surface area contributed by atoms with E-state index >= 15 is 0 Å². The van der Waals surface area contributed by atoms with Crippen LogP contribution < -0.4 is 5.32 Å². The summed E-state index contributed by atoms with van der Waals surface area (Å²) in [4.78, 5) is 0. The van der Waals surface area contributed by atoms with Crippen molar-refractivity contribution in [3.63, 3.8) is 0 Å². The van der Waals surface area contributed by atoms with Crippen molar-refractivity contribution in [3.8, 4) is 0 Å². The molecule has 2 rings (SSSR count). The van der Waals surface area contributed by atoms with Crippen molar-refractivity contribution >= 4 is 10.8 Å². The monoisotopic (exact) mass is 271 g/mol. The number of rotatable bonds is 4. The molecule has 106 valence electrons. The first-order chi connectivity index (χ1) is 8.83. The van der Waals surface area contributed by atoms with Gasteiger partial charge in [-0.3, -0.25) is 4.21 Å².